The average Bonchev–Trinajstić information content (AvgIpc) is 2.76. The molecular formula is C30H48N2O2. The van der Waals surface area contributed by atoms with Gasteiger partial charge in [-0.2, -0.15) is 10.5 Å². The molecule has 34 heavy (non-hydrogen) atoms. The van der Waals surface area contributed by atoms with E-state index in [2.05, 4.69) is 53.7 Å². The van der Waals surface area contributed by atoms with Crippen LogP contribution >= 0.6 is 0 Å². The molecule has 1 rings (SSSR count). The molecule has 0 radical (unpaired) electrons. The van der Waals surface area contributed by atoms with E-state index in [1.54, 1.807) is 0 Å². The highest BCUT2D eigenvalue weighted by molar-refractivity contribution is 5.48. The van der Waals surface area contributed by atoms with Crippen molar-refractivity contribution in [3.63, 3.8) is 0 Å². The lowest BCUT2D eigenvalue weighted by molar-refractivity contribution is 0.266. The third kappa shape index (κ3) is 12.9. The summed E-state index contributed by atoms with van der Waals surface area (Å²) in [5.41, 5.74) is 1.69. The molecule has 0 aliphatic carbocycles. The molecule has 0 aliphatic heterocycles. The first-order valence-electron chi connectivity index (χ1n) is 13.4. The van der Waals surface area contributed by atoms with E-state index in [0.717, 1.165) is 47.3 Å². The molecule has 4 heteroatoms. The van der Waals surface area contributed by atoms with Gasteiger partial charge in [0.15, 0.2) is 0 Å². The minimum Gasteiger partial charge on any atom is -0.493 e. The Bertz CT molecular complexity index is 707. The number of nitriles is 2. The summed E-state index contributed by atoms with van der Waals surface area (Å²) in [6, 6.07) is 8.33. The molecule has 0 N–H and O–H groups in total. The first kappa shape index (κ1) is 29.8. The van der Waals surface area contributed by atoms with Crippen molar-refractivity contribution in [3.8, 4) is 23.6 Å². The number of rotatable bonds is 18. The molecule has 0 saturated carbocycles. The standard InChI is InChI=1S/C30H48N2O2/c1-23(2)9-7-11-25(5)15-19-33-29-21-28(14-18-32)30(22-27(29)13-17-31)34-20-16-26(6)12-8-10-24(3)4/h21-26H,7-16,19-20H2,1-6H3/t25-,26+. The summed E-state index contributed by atoms with van der Waals surface area (Å²) in [6.45, 7) is 14.9. The van der Waals surface area contributed by atoms with Crippen molar-refractivity contribution in [2.45, 2.75) is 106 Å². The Hall–Kier alpha value is -2.20. The second-order valence-electron chi connectivity index (χ2n) is 10.9. The first-order chi connectivity index (χ1) is 16.3. The van der Waals surface area contributed by atoms with Crippen LogP contribution in [0.2, 0.25) is 0 Å². The van der Waals surface area contributed by atoms with Gasteiger partial charge in [-0.15, -0.1) is 0 Å². The highest BCUT2D eigenvalue weighted by atomic mass is 16.5. The SMILES string of the molecule is CC(C)CCC[C@@H](C)CCOc1cc(CC#N)c(OCC[C@@H](C)CCCC(C)C)cc1CC#N. The zero-order valence-electron chi connectivity index (χ0n) is 22.7. The van der Waals surface area contributed by atoms with Gasteiger partial charge in [0.1, 0.15) is 11.5 Å². The van der Waals surface area contributed by atoms with Crippen molar-refractivity contribution in [2.24, 2.45) is 23.7 Å². The average molecular weight is 469 g/mol. The molecule has 1 aromatic rings. The van der Waals surface area contributed by atoms with E-state index in [1.807, 2.05) is 12.1 Å². The van der Waals surface area contributed by atoms with E-state index >= 15 is 0 Å². The second kappa shape index (κ2) is 17.3. The molecule has 0 saturated heterocycles. The number of benzene rings is 1. The van der Waals surface area contributed by atoms with Crippen molar-refractivity contribution in [2.75, 3.05) is 13.2 Å². The predicted molar refractivity (Wildman–Crippen MR) is 141 cm³/mol. The monoisotopic (exact) mass is 468 g/mol. The normalized spacial score (nSPS) is 12.9. The smallest absolute Gasteiger partial charge is 0.124 e. The number of nitrogens with zero attached hydrogens (tertiary/aromatic N) is 2. The minimum absolute atomic E-state index is 0.272. The highest BCUT2D eigenvalue weighted by Crippen LogP contribution is 2.31. The zero-order chi connectivity index (χ0) is 25.3. The van der Waals surface area contributed by atoms with Crippen molar-refractivity contribution >= 4 is 0 Å². The van der Waals surface area contributed by atoms with E-state index in [4.69, 9.17) is 9.47 Å². The van der Waals surface area contributed by atoms with Crippen molar-refractivity contribution in [3.05, 3.63) is 23.3 Å². The van der Waals surface area contributed by atoms with Crippen LogP contribution in [0.1, 0.15) is 104 Å². The van der Waals surface area contributed by atoms with Gasteiger partial charge in [0, 0.05) is 11.1 Å². The maximum Gasteiger partial charge on any atom is 0.124 e. The van der Waals surface area contributed by atoms with Gasteiger partial charge in [-0.1, -0.05) is 80.1 Å². The predicted octanol–water partition coefficient (Wildman–Crippen LogP) is 8.28. The number of ether oxygens (including phenoxy) is 2. The lowest BCUT2D eigenvalue weighted by Crippen LogP contribution is -2.09. The van der Waals surface area contributed by atoms with Crippen molar-refractivity contribution in [1.82, 2.24) is 0 Å². The summed E-state index contributed by atoms with van der Waals surface area (Å²) in [7, 11) is 0. The van der Waals surface area contributed by atoms with Gasteiger partial charge in [-0.25, -0.2) is 0 Å². The Morgan fingerprint density at radius 2 is 1.00 bits per heavy atom. The van der Waals surface area contributed by atoms with Gasteiger partial charge < -0.3 is 9.47 Å². The zero-order valence-corrected chi connectivity index (χ0v) is 22.7. The van der Waals surface area contributed by atoms with Crippen LogP contribution < -0.4 is 9.47 Å². The quantitative estimate of drug-likeness (QED) is 0.217. The molecule has 0 heterocycles. The molecule has 0 amide bonds. The molecule has 0 aromatic heterocycles. The molecule has 0 bridgehead atoms. The largest absolute Gasteiger partial charge is 0.493 e. The third-order valence-electron chi connectivity index (χ3n) is 6.48. The highest BCUT2D eigenvalue weighted by Gasteiger charge is 2.14. The summed E-state index contributed by atoms with van der Waals surface area (Å²) in [6.07, 6.45) is 10.0. The van der Waals surface area contributed by atoms with Crippen LogP contribution in [0.15, 0.2) is 12.1 Å². The Morgan fingerprint density at radius 3 is 1.32 bits per heavy atom. The van der Waals surface area contributed by atoms with Gasteiger partial charge in [-0.3, -0.25) is 0 Å². The Morgan fingerprint density at radius 1 is 0.618 bits per heavy atom. The van der Waals surface area contributed by atoms with Crippen molar-refractivity contribution < 1.29 is 9.47 Å². The van der Waals surface area contributed by atoms with Gasteiger partial charge in [-0.05, 0) is 48.6 Å². The maximum absolute atomic E-state index is 9.33. The van der Waals surface area contributed by atoms with Crippen LogP contribution in [0.4, 0.5) is 0 Å². The van der Waals surface area contributed by atoms with E-state index in [9.17, 15) is 10.5 Å². The summed E-state index contributed by atoms with van der Waals surface area (Å²) in [4.78, 5) is 0. The molecule has 0 spiro atoms. The van der Waals surface area contributed by atoms with E-state index in [1.165, 1.54) is 38.5 Å². The first-order valence-corrected chi connectivity index (χ1v) is 13.4. The summed E-state index contributed by atoms with van der Waals surface area (Å²) in [5.74, 6) is 4.17. The summed E-state index contributed by atoms with van der Waals surface area (Å²) >= 11 is 0. The van der Waals surface area contributed by atoms with Gasteiger partial charge in [0.2, 0.25) is 0 Å². The van der Waals surface area contributed by atoms with E-state index in [0.29, 0.717) is 25.0 Å². The molecule has 4 nitrogen and oxygen atoms in total. The fourth-order valence-corrected chi connectivity index (χ4v) is 4.14. The fraction of sp³-hybridized carbons (Fsp3) is 0.733. The fourth-order valence-electron chi connectivity index (χ4n) is 4.14. The maximum atomic E-state index is 9.33. The molecule has 2 atom stereocenters. The van der Waals surface area contributed by atoms with Crippen LogP contribution in [0, 0.1) is 46.3 Å². The van der Waals surface area contributed by atoms with Crippen LogP contribution in [0.25, 0.3) is 0 Å². The van der Waals surface area contributed by atoms with Crippen LogP contribution in [0.5, 0.6) is 11.5 Å². The number of hydrogen-bond acceptors (Lipinski definition) is 4. The Kier molecular flexibility index (Phi) is 15.1. The van der Waals surface area contributed by atoms with Gasteiger partial charge in [0.05, 0.1) is 38.2 Å². The third-order valence-corrected chi connectivity index (χ3v) is 6.48. The summed E-state index contributed by atoms with van der Waals surface area (Å²) < 4.78 is 12.2. The lowest BCUT2D eigenvalue weighted by atomic mass is 9.97. The van der Waals surface area contributed by atoms with Crippen LogP contribution in [-0.2, 0) is 12.8 Å². The lowest BCUT2D eigenvalue weighted by Gasteiger charge is -2.18. The molecule has 0 fully saturated rings. The summed E-state index contributed by atoms with van der Waals surface area (Å²) in [5, 5.41) is 18.7. The minimum atomic E-state index is 0.272. The van der Waals surface area contributed by atoms with Crippen LogP contribution in [0.3, 0.4) is 0 Å². The molecule has 0 aliphatic rings. The molecule has 190 valence electrons. The van der Waals surface area contributed by atoms with E-state index < -0.39 is 0 Å². The number of hydrogen-bond donors (Lipinski definition) is 0. The topological polar surface area (TPSA) is 66.0 Å². The van der Waals surface area contributed by atoms with Gasteiger partial charge >= 0.3 is 0 Å². The Balaban J connectivity index is 2.71. The van der Waals surface area contributed by atoms with Crippen molar-refractivity contribution in [1.29, 1.82) is 10.5 Å². The second-order valence-corrected chi connectivity index (χ2v) is 10.9. The molecule has 1 aromatic carbocycles. The van der Waals surface area contributed by atoms with Crippen LogP contribution in [-0.4, -0.2) is 13.2 Å². The van der Waals surface area contributed by atoms with Gasteiger partial charge in [0.25, 0.3) is 0 Å². The molecular weight excluding hydrogens is 420 g/mol. The Labute approximate surface area is 209 Å². The molecule has 0 unspecified atom stereocenters. The van der Waals surface area contributed by atoms with E-state index in [-0.39, 0.29) is 12.8 Å².